The van der Waals surface area contributed by atoms with Crippen molar-refractivity contribution in [1.29, 1.82) is 0 Å². The minimum Gasteiger partial charge on any atom is -0.425 e. The maximum absolute atomic E-state index is 11.7. The minimum absolute atomic E-state index is 0.0130. The molecule has 0 radical (unpaired) electrons. The van der Waals surface area contributed by atoms with E-state index in [4.69, 9.17) is 4.74 Å². The van der Waals surface area contributed by atoms with E-state index in [9.17, 15) is 4.79 Å². The van der Waals surface area contributed by atoms with E-state index in [1.165, 1.54) is 6.92 Å². The maximum Gasteiger partial charge on any atom is 0.308 e. The van der Waals surface area contributed by atoms with Gasteiger partial charge in [-0.25, -0.2) is 0 Å². The number of esters is 1. The SMILES string of the molecule is C=C(C1=C(OC(C)=O)c2ccccc2/C1=C\C(C)(C)C)[Si](C)(C)C. The van der Waals surface area contributed by atoms with Crippen molar-refractivity contribution in [3.63, 3.8) is 0 Å². The van der Waals surface area contributed by atoms with Crippen molar-refractivity contribution < 1.29 is 9.53 Å². The predicted molar refractivity (Wildman–Crippen MR) is 105 cm³/mol. The Bertz CT molecular complexity index is 753. The van der Waals surface area contributed by atoms with Crippen molar-refractivity contribution in [2.24, 2.45) is 5.41 Å². The second-order valence-electron chi connectivity index (χ2n) is 8.50. The molecule has 1 aromatic carbocycles. The molecule has 0 atom stereocenters. The number of hydrogen-bond donors (Lipinski definition) is 0. The molecule has 0 unspecified atom stereocenters. The zero-order valence-electron chi connectivity index (χ0n) is 15.9. The van der Waals surface area contributed by atoms with Crippen LogP contribution in [0.15, 0.2) is 47.7 Å². The molecule has 0 amide bonds. The number of allylic oxidation sites excluding steroid dienone is 4. The van der Waals surface area contributed by atoms with Crippen molar-refractivity contribution in [1.82, 2.24) is 0 Å². The van der Waals surface area contributed by atoms with Gasteiger partial charge in [-0.15, -0.1) is 0 Å². The lowest BCUT2D eigenvalue weighted by Gasteiger charge is -2.24. The molecule has 0 aromatic heterocycles. The second-order valence-corrected chi connectivity index (χ2v) is 13.6. The third-order valence-electron chi connectivity index (χ3n) is 3.99. The van der Waals surface area contributed by atoms with Gasteiger partial charge in [-0.1, -0.05) is 82.5 Å². The number of ether oxygens (including phenoxy) is 1. The highest BCUT2D eigenvalue weighted by Crippen LogP contribution is 2.47. The summed E-state index contributed by atoms with van der Waals surface area (Å²) in [6.07, 6.45) is 2.27. The Morgan fingerprint density at radius 1 is 1.12 bits per heavy atom. The summed E-state index contributed by atoms with van der Waals surface area (Å²) in [5, 5.41) is 1.12. The lowest BCUT2D eigenvalue weighted by atomic mass is 9.89. The molecule has 1 aliphatic carbocycles. The Balaban J connectivity index is 2.80. The molecule has 2 nitrogen and oxygen atoms in total. The molecule has 0 saturated carbocycles. The third kappa shape index (κ3) is 3.78. The van der Waals surface area contributed by atoms with Crippen LogP contribution in [0.25, 0.3) is 11.3 Å². The van der Waals surface area contributed by atoms with Crippen LogP contribution in [0.4, 0.5) is 0 Å². The number of carbonyl (C=O) groups excluding carboxylic acids is 1. The van der Waals surface area contributed by atoms with Crippen LogP contribution in [0.2, 0.25) is 19.6 Å². The Labute approximate surface area is 146 Å². The van der Waals surface area contributed by atoms with Gasteiger partial charge >= 0.3 is 5.97 Å². The van der Waals surface area contributed by atoms with Crippen LogP contribution in [0.5, 0.6) is 0 Å². The van der Waals surface area contributed by atoms with Crippen molar-refractivity contribution in [2.45, 2.75) is 47.3 Å². The first kappa shape index (κ1) is 18.5. The van der Waals surface area contributed by atoms with Gasteiger partial charge in [0.05, 0.1) is 8.07 Å². The number of rotatable bonds is 3. The first-order valence-electron chi connectivity index (χ1n) is 8.37. The summed E-state index contributed by atoms with van der Waals surface area (Å²) in [7, 11) is -1.66. The Morgan fingerprint density at radius 3 is 2.12 bits per heavy atom. The van der Waals surface area contributed by atoms with E-state index < -0.39 is 8.07 Å². The van der Waals surface area contributed by atoms with Gasteiger partial charge in [0.25, 0.3) is 0 Å². The van der Waals surface area contributed by atoms with Crippen LogP contribution in [-0.4, -0.2) is 14.0 Å². The van der Waals surface area contributed by atoms with Crippen LogP contribution in [-0.2, 0) is 9.53 Å². The van der Waals surface area contributed by atoms with Gasteiger partial charge in [0, 0.05) is 18.1 Å². The summed E-state index contributed by atoms with van der Waals surface area (Å²) in [5.74, 6) is 0.374. The highest BCUT2D eigenvalue weighted by Gasteiger charge is 2.35. The fourth-order valence-electron chi connectivity index (χ4n) is 2.81. The predicted octanol–water partition coefficient (Wildman–Crippen LogP) is 5.84. The fraction of sp³-hybridized carbons (Fsp3) is 0.381. The van der Waals surface area contributed by atoms with Crippen molar-refractivity contribution in [2.75, 3.05) is 0 Å². The third-order valence-corrected chi connectivity index (χ3v) is 6.05. The van der Waals surface area contributed by atoms with Gasteiger partial charge in [0.1, 0.15) is 5.76 Å². The van der Waals surface area contributed by atoms with Gasteiger partial charge < -0.3 is 4.74 Å². The fourth-order valence-corrected chi connectivity index (χ4v) is 3.81. The highest BCUT2D eigenvalue weighted by atomic mass is 28.3. The lowest BCUT2D eigenvalue weighted by Crippen LogP contribution is -2.25. The first-order chi connectivity index (χ1) is 10.9. The number of hydrogen-bond acceptors (Lipinski definition) is 2. The van der Waals surface area contributed by atoms with Crippen molar-refractivity contribution >= 4 is 25.4 Å². The molecular formula is C21H28O2Si. The molecule has 2 rings (SSSR count). The van der Waals surface area contributed by atoms with Crippen LogP contribution < -0.4 is 0 Å². The average molecular weight is 341 g/mol. The Morgan fingerprint density at radius 2 is 1.67 bits per heavy atom. The minimum atomic E-state index is -1.66. The lowest BCUT2D eigenvalue weighted by molar-refractivity contribution is -0.134. The summed E-state index contributed by atoms with van der Waals surface area (Å²) in [6.45, 7) is 19.2. The first-order valence-corrected chi connectivity index (χ1v) is 11.9. The highest BCUT2D eigenvalue weighted by molar-refractivity contribution is 6.84. The van der Waals surface area contributed by atoms with E-state index in [1.807, 2.05) is 18.2 Å². The monoisotopic (exact) mass is 340 g/mol. The van der Waals surface area contributed by atoms with Crippen molar-refractivity contribution in [3.05, 3.63) is 58.8 Å². The van der Waals surface area contributed by atoms with Gasteiger partial charge in [-0.3, -0.25) is 4.79 Å². The van der Waals surface area contributed by atoms with Crippen LogP contribution in [0, 0.1) is 5.41 Å². The van der Waals surface area contributed by atoms with Gasteiger partial charge in [0.2, 0.25) is 0 Å². The molecule has 0 N–H and O–H groups in total. The number of fused-ring (bicyclic) bond motifs is 1. The summed E-state index contributed by atoms with van der Waals surface area (Å²) >= 11 is 0. The van der Waals surface area contributed by atoms with Gasteiger partial charge in [0.15, 0.2) is 0 Å². The molecule has 24 heavy (non-hydrogen) atoms. The Kier molecular flexibility index (Phi) is 4.78. The molecule has 0 bridgehead atoms. The molecular weight excluding hydrogens is 312 g/mol. The van der Waals surface area contributed by atoms with E-state index in [-0.39, 0.29) is 11.4 Å². The van der Waals surface area contributed by atoms with E-state index >= 15 is 0 Å². The largest absolute Gasteiger partial charge is 0.425 e. The molecule has 0 saturated heterocycles. The molecule has 128 valence electrons. The summed E-state index contributed by atoms with van der Waals surface area (Å²) < 4.78 is 5.67. The van der Waals surface area contributed by atoms with E-state index in [0.29, 0.717) is 5.76 Å². The summed E-state index contributed by atoms with van der Waals surface area (Å²) in [4.78, 5) is 11.7. The van der Waals surface area contributed by atoms with Gasteiger partial charge in [-0.2, -0.15) is 0 Å². The van der Waals surface area contributed by atoms with Crippen LogP contribution in [0.1, 0.15) is 38.8 Å². The molecule has 0 aliphatic heterocycles. The molecule has 0 fully saturated rings. The summed E-state index contributed by atoms with van der Waals surface area (Å²) in [5.41, 5.74) is 4.27. The van der Waals surface area contributed by atoms with Crippen LogP contribution in [0.3, 0.4) is 0 Å². The topological polar surface area (TPSA) is 26.3 Å². The zero-order chi connectivity index (χ0) is 18.3. The zero-order valence-corrected chi connectivity index (χ0v) is 16.9. The molecule has 0 spiro atoms. The molecule has 1 aliphatic rings. The normalized spacial score (nSPS) is 16.4. The standard InChI is InChI=1S/C21H28O2Si/c1-14(24(6,7)8)19-18(13-21(3,4)5)16-11-9-10-12-17(16)20(19)23-15(2)22/h9-13H,1H2,2-8H3/b18-13+. The quantitative estimate of drug-likeness (QED) is 0.510. The summed E-state index contributed by atoms with van der Waals surface area (Å²) in [6, 6.07) is 8.13. The second kappa shape index (κ2) is 6.21. The molecule has 0 heterocycles. The number of carbonyl (C=O) groups is 1. The van der Waals surface area contributed by atoms with E-state index in [1.54, 1.807) is 0 Å². The molecule has 1 aromatic rings. The van der Waals surface area contributed by atoms with Crippen LogP contribution >= 0.6 is 0 Å². The van der Waals surface area contributed by atoms with E-state index in [2.05, 4.69) is 59.1 Å². The average Bonchev–Trinajstić information content (AvgIpc) is 2.69. The smallest absolute Gasteiger partial charge is 0.308 e. The van der Waals surface area contributed by atoms with E-state index in [0.717, 1.165) is 27.5 Å². The van der Waals surface area contributed by atoms with Gasteiger partial charge in [-0.05, 0) is 16.6 Å². The maximum atomic E-state index is 11.7. The Hall–Kier alpha value is -1.87. The molecule has 3 heteroatoms. The number of benzene rings is 1. The van der Waals surface area contributed by atoms with Crippen molar-refractivity contribution in [3.8, 4) is 0 Å².